The Hall–Kier alpha value is -2.21. The van der Waals surface area contributed by atoms with Crippen LogP contribution in [-0.2, 0) is 23.0 Å². The zero-order valence-corrected chi connectivity index (χ0v) is 13.7. The maximum Gasteiger partial charge on any atom is 0.274 e. The van der Waals surface area contributed by atoms with Crippen molar-refractivity contribution in [3.05, 3.63) is 40.3 Å². The molecule has 0 aliphatic carbocycles. The number of nitrogens with zero attached hydrogens (tertiary/aromatic N) is 3. The van der Waals surface area contributed by atoms with Crippen LogP contribution in [-0.4, -0.2) is 45.9 Å². The van der Waals surface area contributed by atoms with Crippen LogP contribution in [0.5, 0.6) is 0 Å². The van der Waals surface area contributed by atoms with E-state index in [9.17, 15) is 9.59 Å². The van der Waals surface area contributed by atoms with Crippen molar-refractivity contribution in [2.45, 2.75) is 32.5 Å². The van der Waals surface area contributed by atoms with Gasteiger partial charge in [-0.2, -0.15) is 5.10 Å². The Morgan fingerprint density at radius 2 is 1.83 bits per heavy atom. The zero-order valence-electron chi connectivity index (χ0n) is 13.7. The van der Waals surface area contributed by atoms with Crippen molar-refractivity contribution in [1.29, 1.82) is 0 Å². The first-order valence-electron chi connectivity index (χ1n) is 7.84. The van der Waals surface area contributed by atoms with Crippen LogP contribution in [0.15, 0.2) is 29.1 Å². The average molecular weight is 315 g/mol. The summed E-state index contributed by atoms with van der Waals surface area (Å²) < 4.78 is 6.97. The van der Waals surface area contributed by atoms with Crippen LogP contribution < -0.4 is 5.56 Å². The number of benzene rings is 1. The molecule has 0 spiro atoms. The average Bonchev–Trinajstić information content (AvgIpc) is 2.51. The van der Waals surface area contributed by atoms with Crippen molar-refractivity contribution in [3.63, 3.8) is 0 Å². The summed E-state index contributed by atoms with van der Waals surface area (Å²) in [5.41, 5.74) is 0.491. The van der Waals surface area contributed by atoms with Gasteiger partial charge in [-0.15, -0.1) is 0 Å². The highest BCUT2D eigenvalue weighted by Gasteiger charge is 2.26. The number of aromatic nitrogens is 2. The number of ether oxygens (including phenoxy) is 1. The van der Waals surface area contributed by atoms with E-state index in [-0.39, 0.29) is 30.1 Å². The summed E-state index contributed by atoms with van der Waals surface area (Å²) in [6.07, 6.45) is 0.258. The number of hydrogen-bond donors (Lipinski definition) is 0. The van der Waals surface area contributed by atoms with Gasteiger partial charge in [-0.1, -0.05) is 18.2 Å². The minimum atomic E-state index is -0.148. The maximum atomic E-state index is 12.6. The molecule has 122 valence electrons. The SMILES string of the molecule is CC1CN(C(=O)Cc2nn(C)c(=O)c3ccccc23)CC(C)O1. The second-order valence-corrected chi connectivity index (χ2v) is 6.15. The molecular weight excluding hydrogens is 294 g/mol. The van der Waals surface area contributed by atoms with Gasteiger partial charge in [-0.05, 0) is 19.9 Å². The van der Waals surface area contributed by atoms with Gasteiger partial charge in [-0.25, -0.2) is 4.68 Å². The lowest BCUT2D eigenvalue weighted by atomic mass is 10.1. The van der Waals surface area contributed by atoms with E-state index < -0.39 is 0 Å². The second-order valence-electron chi connectivity index (χ2n) is 6.15. The Morgan fingerprint density at radius 1 is 1.22 bits per heavy atom. The molecule has 1 aliphatic rings. The zero-order chi connectivity index (χ0) is 16.6. The van der Waals surface area contributed by atoms with Gasteiger partial charge in [0.2, 0.25) is 5.91 Å². The molecule has 2 heterocycles. The van der Waals surface area contributed by atoms with Crippen LogP contribution in [0.25, 0.3) is 10.8 Å². The molecule has 0 bridgehead atoms. The Balaban J connectivity index is 1.91. The number of rotatable bonds is 2. The molecule has 1 fully saturated rings. The van der Waals surface area contributed by atoms with Crippen LogP contribution in [0.4, 0.5) is 0 Å². The molecule has 2 atom stereocenters. The monoisotopic (exact) mass is 315 g/mol. The fraction of sp³-hybridized carbons (Fsp3) is 0.471. The van der Waals surface area contributed by atoms with Gasteiger partial charge in [0.1, 0.15) is 0 Å². The minimum absolute atomic E-state index is 0.0169. The van der Waals surface area contributed by atoms with E-state index in [0.717, 1.165) is 5.39 Å². The number of carbonyl (C=O) groups is 1. The lowest BCUT2D eigenvalue weighted by Crippen LogP contribution is -2.48. The van der Waals surface area contributed by atoms with E-state index in [1.54, 1.807) is 13.1 Å². The van der Waals surface area contributed by atoms with Crippen LogP contribution in [0.1, 0.15) is 19.5 Å². The quantitative estimate of drug-likeness (QED) is 0.833. The van der Waals surface area contributed by atoms with Crippen molar-refractivity contribution in [2.75, 3.05) is 13.1 Å². The third-order valence-corrected chi connectivity index (χ3v) is 4.12. The lowest BCUT2D eigenvalue weighted by Gasteiger charge is -2.35. The Kier molecular flexibility index (Phi) is 4.17. The van der Waals surface area contributed by atoms with E-state index in [1.165, 1.54) is 4.68 Å². The molecule has 1 aromatic carbocycles. The molecule has 23 heavy (non-hydrogen) atoms. The summed E-state index contributed by atoms with van der Waals surface area (Å²) in [7, 11) is 1.61. The van der Waals surface area contributed by atoms with Crippen LogP contribution in [0.2, 0.25) is 0 Å². The molecule has 1 saturated heterocycles. The van der Waals surface area contributed by atoms with E-state index >= 15 is 0 Å². The number of aryl methyl sites for hydroxylation is 1. The van der Waals surface area contributed by atoms with E-state index in [0.29, 0.717) is 24.2 Å². The molecule has 1 aliphatic heterocycles. The highest BCUT2D eigenvalue weighted by atomic mass is 16.5. The van der Waals surface area contributed by atoms with E-state index in [4.69, 9.17) is 4.74 Å². The van der Waals surface area contributed by atoms with Crippen molar-refractivity contribution in [2.24, 2.45) is 7.05 Å². The number of amides is 1. The fourth-order valence-electron chi connectivity index (χ4n) is 3.14. The molecule has 2 unspecified atom stereocenters. The highest BCUT2D eigenvalue weighted by molar-refractivity contribution is 5.88. The summed E-state index contributed by atoms with van der Waals surface area (Å²) in [4.78, 5) is 26.6. The molecule has 6 nitrogen and oxygen atoms in total. The van der Waals surface area contributed by atoms with Gasteiger partial charge < -0.3 is 9.64 Å². The molecule has 2 aromatic rings. The summed E-state index contributed by atoms with van der Waals surface area (Å²) in [6.45, 7) is 5.12. The summed E-state index contributed by atoms with van der Waals surface area (Å²) >= 11 is 0. The third kappa shape index (κ3) is 3.12. The largest absolute Gasteiger partial charge is 0.372 e. The number of carbonyl (C=O) groups excluding carboxylic acids is 1. The minimum Gasteiger partial charge on any atom is -0.372 e. The number of morpholine rings is 1. The molecule has 1 amide bonds. The third-order valence-electron chi connectivity index (χ3n) is 4.12. The van der Waals surface area contributed by atoms with Crippen LogP contribution in [0.3, 0.4) is 0 Å². The van der Waals surface area contributed by atoms with Crippen molar-refractivity contribution >= 4 is 16.7 Å². The lowest BCUT2D eigenvalue weighted by molar-refractivity contribution is -0.142. The van der Waals surface area contributed by atoms with Crippen LogP contribution >= 0.6 is 0 Å². The van der Waals surface area contributed by atoms with Gasteiger partial charge in [0.05, 0.1) is 29.7 Å². The fourth-order valence-corrected chi connectivity index (χ4v) is 3.14. The first kappa shape index (κ1) is 15.7. The first-order chi connectivity index (χ1) is 11.0. The smallest absolute Gasteiger partial charge is 0.274 e. The summed E-state index contributed by atoms with van der Waals surface area (Å²) in [5.74, 6) is 0.0169. The van der Waals surface area contributed by atoms with Gasteiger partial charge >= 0.3 is 0 Å². The van der Waals surface area contributed by atoms with Crippen LogP contribution in [0, 0.1) is 0 Å². The first-order valence-corrected chi connectivity index (χ1v) is 7.84. The molecule has 3 rings (SSSR count). The van der Waals surface area contributed by atoms with Gasteiger partial charge in [0.25, 0.3) is 5.56 Å². The molecule has 0 N–H and O–H groups in total. The van der Waals surface area contributed by atoms with Gasteiger partial charge in [0, 0.05) is 25.5 Å². The van der Waals surface area contributed by atoms with Crippen molar-refractivity contribution in [1.82, 2.24) is 14.7 Å². The standard InChI is InChI=1S/C17H21N3O3/c1-11-9-20(10-12(2)23-11)16(21)8-15-13-6-4-5-7-14(13)17(22)19(3)18-15/h4-7,11-12H,8-10H2,1-3H3. The highest BCUT2D eigenvalue weighted by Crippen LogP contribution is 2.16. The number of fused-ring (bicyclic) bond motifs is 1. The van der Waals surface area contributed by atoms with Gasteiger partial charge in [0.15, 0.2) is 0 Å². The summed E-state index contributed by atoms with van der Waals surface area (Å²) in [5, 5.41) is 5.64. The Morgan fingerprint density at radius 3 is 2.48 bits per heavy atom. The van der Waals surface area contributed by atoms with E-state index in [2.05, 4.69) is 5.10 Å². The Labute approximate surface area is 134 Å². The van der Waals surface area contributed by atoms with Crippen molar-refractivity contribution < 1.29 is 9.53 Å². The maximum absolute atomic E-state index is 12.6. The normalized spacial score (nSPS) is 21.6. The summed E-state index contributed by atoms with van der Waals surface area (Å²) in [6, 6.07) is 7.29. The van der Waals surface area contributed by atoms with Crippen molar-refractivity contribution in [3.8, 4) is 0 Å². The molecule has 6 heteroatoms. The molecule has 0 radical (unpaired) electrons. The predicted octanol–water partition coefficient (Wildman–Crippen LogP) is 1.11. The topological polar surface area (TPSA) is 64.4 Å². The Bertz CT molecular complexity index is 789. The van der Waals surface area contributed by atoms with E-state index in [1.807, 2.05) is 36.9 Å². The molecule has 0 saturated carbocycles. The molecular formula is C17H21N3O3. The molecule has 1 aromatic heterocycles. The predicted molar refractivity (Wildman–Crippen MR) is 87.3 cm³/mol. The van der Waals surface area contributed by atoms with Gasteiger partial charge in [-0.3, -0.25) is 9.59 Å². The second kappa shape index (κ2) is 6.12. The number of hydrogen-bond acceptors (Lipinski definition) is 4.